The molecule has 0 aromatic rings. The molecule has 0 fully saturated rings. The summed E-state index contributed by atoms with van der Waals surface area (Å²) in [5.41, 5.74) is 0.899. The predicted octanol–water partition coefficient (Wildman–Crippen LogP) is 1.65. The Morgan fingerprint density at radius 3 is 3.00 bits per heavy atom. The van der Waals surface area contributed by atoms with Gasteiger partial charge in [0.15, 0.2) is 5.78 Å². The molecule has 0 saturated carbocycles. The van der Waals surface area contributed by atoms with Crippen LogP contribution < -0.4 is 0 Å². The molecule has 2 aliphatic rings. The number of hydrogen-bond acceptors (Lipinski definition) is 3. The van der Waals surface area contributed by atoms with Crippen LogP contribution in [0.5, 0.6) is 0 Å². The Balaban J connectivity index is 2.40. The normalized spacial score (nSPS) is 24.1. The molecule has 0 aliphatic carbocycles. The van der Waals surface area contributed by atoms with E-state index >= 15 is 0 Å². The van der Waals surface area contributed by atoms with Gasteiger partial charge in [-0.25, -0.2) is 4.99 Å². The van der Waals surface area contributed by atoms with E-state index < -0.39 is 0 Å². The van der Waals surface area contributed by atoms with Gasteiger partial charge in [0.2, 0.25) is 0 Å². The summed E-state index contributed by atoms with van der Waals surface area (Å²) in [5, 5.41) is 0. The molecule has 1 atom stereocenters. The molecule has 14 heavy (non-hydrogen) atoms. The summed E-state index contributed by atoms with van der Waals surface area (Å²) in [6, 6.07) is -0.191. The Labute approximate surface area is 83.1 Å². The van der Waals surface area contributed by atoms with Gasteiger partial charge in [0, 0.05) is 11.9 Å². The first-order chi connectivity index (χ1) is 6.68. The minimum Gasteiger partial charge on any atom is -0.319 e. The van der Waals surface area contributed by atoms with E-state index in [2.05, 4.69) is 4.99 Å². The second-order valence-electron chi connectivity index (χ2n) is 3.44. The maximum Gasteiger partial charge on any atom is 0.156 e. The highest BCUT2D eigenvalue weighted by molar-refractivity contribution is 6.00. The minimum absolute atomic E-state index is 0.136. The summed E-state index contributed by atoms with van der Waals surface area (Å²) >= 11 is 0. The van der Waals surface area contributed by atoms with Crippen molar-refractivity contribution in [3.63, 3.8) is 0 Å². The third kappa shape index (κ3) is 1.41. The van der Waals surface area contributed by atoms with Gasteiger partial charge in [-0.2, -0.15) is 0 Å². The first-order valence-electron chi connectivity index (χ1n) is 4.59. The fourth-order valence-corrected chi connectivity index (χ4v) is 1.62. The van der Waals surface area contributed by atoms with E-state index in [1.165, 1.54) is 0 Å². The SMILES string of the molecule is CC(=O)C1C=C(C)N=C2C=CC=CN21. The highest BCUT2D eigenvalue weighted by atomic mass is 16.1. The number of ketones is 1. The molecule has 2 heterocycles. The summed E-state index contributed by atoms with van der Waals surface area (Å²) in [6.07, 6.45) is 9.50. The van der Waals surface area contributed by atoms with Crippen LogP contribution in [0, 0.1) is 0 Å². The fraction of sp³-hybridized carbons (Fsp3) is 0.273. The Bertz CT molecular complexity index is 388. The summed E-state index contributed by atoms with van der Waals surface area (Å²) < 4.78 is 0. The number of nitrogens with zero attached hydrogens (tertiary/aromatic N) is 2. The maximum atomic E-state index is 11.4. The molecule has 3 nitrogen and oxygen atoms in total. The lowest BCUT2D eigenvalue weighted by Gasteiger charge is -2.31. The van der Waals surface area contributed by atoms with Crippen LogP contribution in [0.3, 0.4) is 0 Å². The van der Waals surface area contributed by atoms with Gasteiger partial charge >= 0.3 is 0 Å². The van der Waals surface area contributed by atoms with Crippen LogP contribution >= 0.6 is 0 Å². The Kier molecular flexibility index (Phi) is 2.08. The van der Waals surface area contributed by atoms with Crippen LogP contribution in [-0.2, 0) is 4.79 Å². The molecular formula is C11H12N2O. The highest BCUT2D eigenvalue weighted by Crippen LogP contribution is 2.18. The van der Waals surface area contributed by atoms with Crippen LogP contribution in [0.25, 0.3) is 0 Å². The lowest BCUT2D eigenvalue weighted by atomic mass is 10.1. The van der Waals surface area contributed by atoms with Crippen LogP contribution in [0.1, 0.15) is 13.8 Å². The van der Waals surface area contributed by atoms with Gasteiger partial charge in [-0.05, 0) is 32.1 Å². The van der Waals surface area contributed by atoms with Crippen LogP contribution in [0.4, 0.5) is 0 Å². The van der Waals surface area contributed by atoms with Crippen molar-refractivity contribution in [3.05, 3.63) is 36.2 Å². The van der Waals surface area contributed by atoms with Gasteiger partial charge < -0.3 is 4.90 Å². The number of aliphatic imine (C=N–C) groups is 1. The zero-order valence-corrected chi connectivity index (χ0v) is 8.27. The zero-order valence-electron chi connectivity index (χ0n) is 8.27. The van der Waals surface area contributed by atoms with E-state index in [9.17, 15) is 4.79 Å². The van der Waals surface area contributed by atoms with E-state index in [-0.39, 0.29) is 11.8 Å². The smallest absolute Gasteiger partial charge is 0.156 e. The van der Waals surface area contributed by atoms with E-state index in [0.29, 0.717) is 0 Å². The van der Waals surface area contributed by atoms with Gasteiger partial charge in [0.25, 0.3) is 0 Å². The van der Waals surface area contributed by atoms with Gasteiger partial charge in [0.05, 0.1) is 0 Å². The minimum atomic E-state index is -0.191. The van der Waals surface area contributed by atoms with Crippen molar-refractivity contribution < 1.29 is 4.79 Å². The van der Waals surface area contributed by atoms with Crippen molar-refractivity contribution in [2.45, 2.75) is 19.9 Å². The molecule has 2 aliphatic heterocycles. The molecule has 2 rings (SSSR count). The van der Waals surface area contributed by atoms with Crippen molar-refractivity contribution >= 4 is 11.6 Å². The number of rotatable bonds is 1. The third-order valence-corrected chi connectivity index (χ3v) is 2.27. The highest BCUT2D eigenvalue weighted by Gasteiger charge is 2.25. The van der Waals surface area contributed by atoms with Gasteiger partial charge in [-0.1, -0.05) is 6.08 Å². The lowest BCUT2D eigenvalue weighted by Crippen LogP contribution is -2.41. The number of Topliss-reactive ketones (excluding diaryl/α,β-unsaturated/α-hetero) is 1. The molecule has 0 N–H and O–H groups in total. The summed E-state index contributed by atoms with van der Waals surface area (Å²) in [4.78, 5) is 17.6. The molecule has 0 saturated heterocycles. The number of allylic oxidation sites excluding steroid dienone is 3. The van der Waals surface area contributed by atoms with Crippen molar-refractivity contribution in [3.8, 4) is 0 Å². The number of fused-ring (bicyclic) bond motifs is 1. The van der Waals surface area contributed by atoms with Crippen LogP contribution in [0.15, 0.2) is 41.2 Å². The Morgan fingerprint density at radius 1 is 1.50 bits per heavy atom. The topological polar surface area (TPSA) is 32.7 Å². The average molecular weight is 188 g/mol. The molecular weight excluding hydrogens is 176 g/mol. The Morgan fingerprint density at radius 2 is 2.29 bits per heavy atom. The molecule has 3 heteroatoms. The second-order valence-corrected chi connectivity index (χ2v) is 3.44. The van der Waals surface area contributed by atoms with E-state index in [1.807, 2.05) is 42.3 Å². The van der Waals surface area contributed by atoms with E-state index in [1.54, 1.807) is 6.92 Å². The Hall–Kier alpha value is -1.64. The number of carbonyl (C=O) groups is 1. The standard InChI is InChI=1S/C11H12N2O/c1-8-7-10(9(2)14)13-6-4-3-5-11(13)12-8/h3-7,10H,1-2H3. The second kappa shape index (κ2) is 3.25. The maximum absolute atomic E-state index is 11.4. The molecule has 0 aromatic carbocycles. The van der Waals surface area contributed by atoms with Crippen LogP contribution in [-0.4, -0.2) is 22.6 Å². The summed E-state index contributed by atoms with van der Waals surface area (Å²) in [6.45, 7) is 3.51. The van der Waals surface area contributed by atoms with E-state index in [4.69, 9.17) is 0 Å². The van der Waals surface area contributed by atoms with Gasteiger partial charge in [-0.15, -0.1) is 0 Å². The molecule has 72 valence electrons. The third-order valence-electron chi connectivity index (χ3n) is 2.27. The predicted molar refractivity (Wildman–Crippen MR) is 55.8 cm³/mol. The van der Waals surface area contributed by atoms with Crippen molar-refractivity contribution in [1.82, 2.24) is 4.90 Å². The first-order valence-corrected chi connectivity index (χ1v) is 4.59. The van der Waals surface area contributed by atoms with Crippen molar-refractivity contribution in [1.29, 1.82) is 0 Å². The zero-order chi connectivity index (χ0) is 10.1. The van der Waals surface area contributed by atoms with Gasteiger partial charge in [-0.3, -0.25) is 4.79 Å². The van der Waals surface area contributed by atoms with Crippen molar-refractivity contribution in [2.75, 3.05) is 0 Å². The molecule has 0 amide bonds. The average Bonchev–Trinajstić information content (AvgIpc) is 2.16. The van der Waals surface area contributed by atoms with Gasteiger partial charge in [0.1, 0.15) is 11.9 Å². The molecule has 1 unspecified atom stereocenters. The van der Waals surface area contributed by atoms with Crippen LogP contribution in [0.2, 0.25) is 0 Å². The summed E-state index contributed by atoms with van der Waals surface area (Å²) in [5.74, 6) is 0.976. The fourth-order valence-electron chi connectivity index (χ4n) is 1.62. The quantitative estimate of drug-likeness (QED) is 0.626. The number of carbonyl (C=O) groups excluding carboxylic acids is 1. The van der Waals surface area contributed by atoms with E-state index in [0.717, 1.165) is 11.5 Å². The molecule has 0 bridgehead atoms. The molecule has 0 aromatic heterocycles. The molecule has 0 spiro atoms. The lowest BCUT2D eigenvalue weighted by molar-refractivity contribution is -0.119. The first kappa shape index (κ1) is 8.94. The van der Waals surface area contributed by atoms with Crippen molar-refractivity contribution in [2.24, 2.45) is 4.99 Å². The summed E-state index contributed by atoms with van der Waals surface area (Å²) in [7, 11) is 0. The number of amidine groups is 1. The molecule has 0 radical (unpaired) electrons. The largest absolute Gasteiger partial charge is 0.319 e. The monoisotopic (exact) mass is 188 g/mol. The number of hydrogen-bond donors (Lipinski definition) is 0.